The van der Waals surface area contributed by atoms with Crippen LogP contribution in [0.5, 0.6) is 34.5 Å². The van der Waals surface area contributed by atoms with E-state index in [0.717, 1.165) is 63.2 Å². The van der Waals surface area contributed by atoms with Crippen molar-refractivity contribution in [2.24, 2.45) is 0 Å². The Morgan fingerprint density at radius 1 is 0.538 bits per heavy atom. The zero-order chi connectivity index (χ0) is 28.0. The third-order valence-corrected chi connectivity index (χ3v) is 6.90. The third kappa shape index (κ3) is 8.57. The molecule has 0 spiro atoms. The molecule has 8 heteroatoms. The fraction of sp³-hybridized carbons (Fsp3) is 0.484. The summed E-state index contributed by atoms with van der Waals surface area (Å²) in [4.78, 5) is 5.12. The number of benzene rings is 2. The Bertz CT molecular complexity index is 965. The van der Waals surface area contributed by atoms with E-state index in [9.17, 15) is 0 Å². The van der Waals surface area contributed by atoms with E-state index in [1.165, 1.54) is 6.42 Å². The summed E-state index contributed by atoms with van der Waals surface area (Å²) in [6.45, 7) is 6.56. The molecule has 1 saturated heterocycles. The number of rotatable bonds is 14. The van der Waals surface area contributed by atoms with Crippen molar-refractivity contribution in [1.29, 1.82) is 0 Å². The van der Waals surface area contributed by atoms with Gasteiger partial charge < -0.3 is 38.2 Å². The van der Waals surface area contributed by atoms with Crippen LogP contribution in [0.1, 0.15) is 30.4 Å². The average molecular weight is 541 g/mol. The van der Waals surface area contributed by atoms with Crippen LogP contribution in [0.25, 0.3) is 12.2 Å². The van der Waals surface area contributed by atoms with Crippen molar-refractivity contribution in [1.82, 2.24) is 9.80 Å². The van der Waals surface area contributed by atoms with E-state index >= 15 is 0 Å². The van der Waals surface area contributed by atoms with E-state index in [2.05, 4.69) is 34.1 Å². The zero-order valence-electron chi connectivity index (χ0n) is 24.3. The Balaban J connectivity index is 1.44. The predicted molar refractivity (Wildman–Crippen MR) is 157 cm³/mol. The highest BCUT2D eigenvalue weighted by molar-refractivity contribution is 5.63. The zero-order valence-corrected chi connectivity index (χ0v) is 24.3. The van der Waals surface area contributed by atoms with E-state index in [4.69, 9.17) is 28.4 Å². The second-order valence-electron chi connectivity index (χ2n) is 9.34. The fourth-order valence-electron chi connectivity index (χ4n) is 4.82. The minimum absolute atomic E-state index is 0.614. The number of hydrogen-bond acceptors (Lipinski definition) is 8. The number of methoxy groups -OCH3 is 6. The first-order chi connectivity index (χ1) is 19.1. The van der Waals surface area contributed by atoms with Crippen LogP contribution >= 0.6 is 0 Å². The van der Waals surface area contributed by atoms with Crippen LogP contribution in [0.2, 0.25) is 0 Å². The van der Waals surface area contributed by atoms with Gasteiger partial charge in [-0.15, -0.1) is 0 Å². The van der Waals surface area contributed by atoms with Crippen molar-refractivity contribution >= 4 is 12.2 Å². The van der Waals surface area contributed by atoms with Crippen LogP contribution in [0.4, 0.5) is 0 Å². The largest absolute Gasteiger partial charge is 0.493 e. The molecule has 1 aliphatic heterocycles. The molecule has 1 aliphatic rings. The maximum absolute atomic E-state index is 5.46. The Morgan fingerprint density at radius 2 is 0.897 bits per heavy atom. The van der Waals surface area contributed by atoms with Crippen LogP contribution in [-0.2, 0) is 0 Å². The molecule has 2 aromatic rings. The summed E-state index contributed by atoms with van der Waals surface area (Å²) >= 11 is 0. The Morgan fingerprint density at radius 3 is 1.21 bits per heavy atom. The lowest BCUT2D eigenvalue weighted by Crippen LogP contribution is -2.31. The molecular weight excluding hydrogens is 496 g/mol. The van der Waals surface area contributed by atoms with E-state index in [1.54, 1.807) is 42.7 Å². The first-order valence-electron chi connectivity index (χ1n) is 13.4. The summed E-state index contributed by atoms with van der Waals surface area (Å²) in [5.74, 6) is 3.90. The third-order valence-electron chi connectivity index (χ3n) is 6.90. The molecule has 39 heavy (non-hydrogen) atoms. The van der Waals surface area contributed by atoms with Crippen molar-refractivity contribution in [3.63, 3.8) is 0 Å². The van der Waals surface area contributed by atoms with Gasteiger partial charge in [0.1, 0.15) is 0 Å². The normalized spacial score (nSPS) is 14.9. The molecular formula is C31H44N2O6. The van der Waals surface area contributed by atoms with E-state index in [0.29, 0.717) is 34.5 Å². The van der Waals surface area contributed by atoms with Gasteiger partial charge in [-0.05, 0) is 67.7 Å². The van der Waals surface area contributed by atoms with Crippen molar-refractivity contribution in [3.05, 3.63) is 47.5 Å². The van der Waals surface area contributed by atoms with Crippen LogP contribution in [-0.4, -0.2) is 91.7 Å². The van der Waals surface area contributed by atoms with E-state index in [-0.39, 0.29) is 0 Å². The first kappa shape index (κ1) is 30.2. The molecule has 8 nitrogen and oxygen atoms in total. The SMILES string of the molecule is COc1cc(/C=C\CCN2CCCN(CC/C=C\c3cc(OC)c(OC)c(OC)c3)CC2)cc(OC)c1OC. The van der Waals surface area contributed by atoms with Crippen molar-refractivity contribution in [2.45, 2.75) is 19.3 Å². The monoisotopic (exact) mass is 540 g/mol. The highest BCUT2D eigenvalue weighted by Crippen LogP contribution is 2.39. The standard InChI is InChI=1S/C31H44N2O6/c1-34-26-20-24(21-27(35-2)30(26)38-5)12-7-9-14-32-16-11-17-33(19-18-32)15-10-8-13-25-22-28(36-3)31(39-6)29(23-25)37-4/h7-8,12-13,20-23H,9-11,14-19H2,1-6H3/b12-7-,13-8-. The lowest BCUT2D eigenvalue weighted by molar-refractivity contribution is 0.262. The topological polar surface area (TPSA) is 61.9 Å². The molecule has 214 valence electrons. The molecule has 0 bridgehead atoms. The second kappa shape index (κ2) is 15.9. The summed E-state index contributed by atoms with van der Waals surface area (Å²) < 4.78 is 32.7. The summed E-state index contributed by atoms with van der Waals surface area (Å²) in [6.07, 6.45) is 11.9. The van der Waals surface area contributed by atoms with E-state index < -0.39 is 0 Å². The molecule has 1 heterocycles. The first-order valence-corrected chi connectivity index (χ1v) is 13.4. The van der Waals surface area contributed by atoms with Crippen LogP contribution < -0.4 is 28.4 Å². The quantitative estimate of drug-likeness (QED) is 0.322. The fourth-order valence-corrected chi connectivity index (χ4v) is 4.82. The number of hydrogen-bond donors (Lipinski definition) is 0. The van der Waals surface area contributed by atoms with Crippen molar-refractivity contribution < 1.29 is 28.4 Å². The Kier molecular flexibility index (Phi) is 12.3. The molecule has 2 aromatic carbocycles. The van der Waals surface area contributed by atoms with E-state index in [1.807, 2.05) is 24.3 Å². The van der Waals surface area contributed by atoms with Crippen LogP contribution in [0.15, 0.2) is 36.4 Å². The van der Waals surface area contributed by atoms with Crippen molar-refractivity contribution in [3.8, 4) is 34.5 Å². The van der Waals surface area contributed by atoms with Gasteiger partial charge >= 0.3 is 0 Å². The predicted octanol–water partition coefficient (Wildman–Crippen LogP) is 5.25. The van der Waals surface area contributed by atoms with Crippen LogP contribution in [0, 0.1) is 0 Å². The molecule has 1 fully saturated rings. The van der Waals surface area contributed by atoms with Gasteiger partial charge in [-0.25, -0.2) is 0 Å². The van der Waals surface area contributed by atoms with Gasteiger partial charge in [0.2, 0.25) is 11.5 Å². The minimum Gasteiger partial charge on any atom is -0.493 e. The van der Waals surface area contributed by atoms with Gasteiger partial charge in [0.05, 0.1) is 42.7 Å². The molecule has 0 aromatic heterocycles. The molecule has 3 rings (SSSR count). The Labute approximate surface area is 233 Å². The molecule has 0 atom stereocenters. The van der Waals surface area contributed by atoms with Gasteiger partial charge in [0.15, 0.2) is 23.0 Å². The van der Waals surface area contributed by atoms with Gasteiger partial charge in [0.25, 0.3) is 0 Å². The summed E-state index contributed by atoms with van der Waals surface area (Å²) in [5, 5.41) is 0. The minimum atomic E-state index is 0.614. The summed E-state index contributed by atoms with van der Waals surface area (Å²) in [5.41, 5.74) is 2.07. The molecule has 0 aliphatic carbocycles. The van der Waals surface area contributed by atoms with Gasteiger partial charge in [-0.1, -0.05) is 24.3 Å². The average Bonchev–Trinajstić information content (AvgIpc) is 3.21. The number of nitrogens with zero attached hydrogens (tertiary/aromatic N) is 2. The summed E-state index contributed by atoms with van der Waals surface area (Å²) in [6, 6.07) is 7.88. The van der Waals surface area contributed by atoms with Crippen LogP contribution in [0.3, 0.4) is 0 Å². The molecule has 0 saturated carbocycles. The smallest absolute Gasteiger partial charge is 0.203 e. The van der Waals surface area contributed by atoms with Gasteiger partial charge in [-0.2, -0.15) is 0 Å². The van der Waals surface area contributed by atoms with Gasteiger partial charge in [-0.3, -0.25) is 0 Å². The molecule has 0 N–H and O–H groups in total. The molecule has 0 unspecified atom stereocenters. The highest BCUT2D eigenvalue weighted by atomic mass is 16.5. The summed E-state index contributed by atoms with van der Waals surface area (Å²) in [7, 11) is 9.79. The lowest BCUT2D eigenvalue weighted by Gasteiger charge is -2.21. The highest BCUT2D eigenvalue weighted by Gasteiger charge is 2.15. The molecule has 0 amide bonds. The maximum atomic E-state index is 5.46. The second-order valence-corrected chi connectivity index (χ2v) is 9.34. The molecule has 0 radical (unpaired) electrons. The van der Waals surface area contributed by atoms with Gasteiger partial charge in [0, 0.05) is 26.2 Å². The number of ether oxygens (including phenoxy) is 6. The van der Waals surface area contributed by atoms with Crippen molar-refractivity contribution in [2.75, 3.05) is 81.9 Å². The lowest BCUT2D eigenvalue weighted by atomic mass is 10.1. The maximum Gasteiger partial charge on any atom is 0.203 e. The Hall–Kier alpha value is -3.36.